The Hall–Kier alpha value is -2.82. The minimum absolute atomic E-state index is 0.0584. The van der Waals surface area contributed by atoms with Crippen molar-refractivity contribution in [2.75, 3.05) is 18.5 Å². The van der Waals surface area contributed by atoms with Crippen LogP contribution >= 0.6 is 0 Å². The molecule has 26 heavy (non-hydrogen) atoms. The fourth-order valence-electron chi connectivity index (χ4n) is 2.77. The van der Waals surface area contributed by atoms with E-state index in [1.165, 1.54) is 0 Å². The van der Waals surface area contributed by atoms with Crippen LogP contribution in [0.2, 0.25) is 0 Å². The van der Waals surface area contributed by atoms with Crippen LogP contribution in [0.1, 0.15) is 29.3 Å². The number of anilines is 1. The third kappa shape index (κ3) is 4.63. The summed E-state index contributed by atoms with van der Waals surface area (Å²) in [5.41, 5.74) is 2.34. The molecule has 1 aliphatic carbocycles. The average Bonchev–Trinajstić information content (AvgIpc) is 3.37. The summed E-state index contributed by atoms with van der Waals surface area (Å²) in [5.74, 6) is 1.33. The minimum atomic E-state index is -0.160. The Morgan fingerprint density at radius 3 is 2.46 bits per heavy atom. The molecule has 0 aromatic heterocycles. The van der Waals surface area contributed by atoms with Crippen LogP contribution in [-0.2, 0) is 4.79 Å². The Kier molecular flexibility index (Phi) is 5.56. The molecule has 5 heteroatoms. The highest BCUT2D eigenvalue weighted by Crippen LogP contribution is 2.38. The molecule has 0 bridgehead atoms. The Labute approximate surface area is 153 Å². The SMILES string of the molecule is Cc1ccccc1OCCNC(=O)c1ccc(NC(=O)C2CC2C)cc1. The highest BCUT2D eigenvalue weighted by molar-refractivity contribution is 5.96. The number of ether oxygens (including phenoxy) is 1. The lowest BCUT2D eigenvalue weighted by atomic mass is 10.2. The van der Waals surface area contributed by atoms with E-state index in [4.69, 9.17) is 4.74 Å². The maximum atomic E-state index is 12.2. The van der Waals surface area contributed by atoms with E-state index in [0.29, 0.717) is 30.3 Å². The Morgan fingerprint density at radius 1 is 1.12 bits per heavy atom. The fraction of sp³-hybridized carbons (Fsp3) is 0.333. The summed E-state index contributed by atoms with van der Waals surface area (Å²) in [4.78, 5) is 24.1. The van der Waals surface area contributed by atoms with Gasteiger partial charge in [0.15, 0.2) is 0 Å². The van der Waals surface area contributed by atoms with Gasteiger partial charge in [-0.25, -0.2) is 0 Å². The number of nitrogens with one attached hydrogen (secondary N) is 2. The van der Waals surface area contributed by atoms with E-state index >= 15 is 0 Å². The van der Waals surface area contributed by atoms with Crippen LogP contribution in [0.4, 0.5) is 5.69 Å². The van der Waals surface area contributed by atoms with Crippen molar-refractivity contribution in [1.29, 1.82) is 0 Å². The highest BCUT2D eigenvalue weighted by atomic mass is 16.5. The van der Waals surface area contributed by atoms with Gasteiger partial charge in [0.1, 0.15) is 12.4 Å². The van der Waals surface area contributed by atoms with Gasteiger partial charge in [-0.15, -0.1) is 0 Å². The van der Waals surface area contributed by atoms with Crippen LogP contribution in [-0.4, -0.2) is 25.0 Å². The number of hydrogen-bond donors (Lipinski definition) is 2. The van der Waals surface area contributed by atoms with Gasteiger partial charge in [-0.3, -0.25) is 9.59 Å². The molecule has 0 saturated heterocycles. The number of hydrogen-bond acceptors (Lipinski definition) is 3. The minimum Gasteiger partial charge on any atom is -0.491 e. The van der Waals surface area contributed by atoms with Gasteiger partial charge in [-0.05, 0) is 55.2 Å². The van der Waals surface area contributed by atoms with Crippen molar-refractivity contribution in [3.63, 3.8) is 0 Å². The van der Waals surface area contributed by atoms with Gasteiger partial charge in [-0.1, -0.05) is 25.1 Å². The summed E-state index contributed by atoms with van der Waals surface area (Å²) in [6, 6.07) is 14.7. The molecule has 2 amide bonds. The van der Waals surface area contributed by atoms with E-state index in [9.17, 15) is 9.59 Å². The number of rotatable bonds is 7. The van der Waals surface area contributed by atoms with Gasteiger partial charge in [0.2, 0.25) is 5.91 Å². The van der Waals surface area contributed by atoms with E-state index in [2.05, 4.69) is 17.6 Å². The van der Waals surface area contributed by atoms with Crippen LogP contribution in [0.3, 0.4) is 0 Å². The largest absolute Gasteiger partial charge is 0.491 e. The van der Waals surface area contributed by atoms with Gasteiger partial charge in [0, 0.05) is 17.2 Å². The zero-order valence-corrected chi connectivity index (χ0v) is 15.1. The summed E-state index contributed by atoms with van der Waals surface area (Å²) >= 11 is 0. The van der Waals surface area contributed by atoms with Crippen molar-refractivity contribution in [2.24, 2.45) is 11.8 Å². The van der Waals surface area contributed by atoms with Crippen LogP contribution in [0, 0.1) is 18.8 Å². The average molecular weight is 352 g/mol. The predicted molar refractivity (Wildman–Crippen MR) is 101 cm³/mol. The molecule has 0 radical (unpaired) electrons. The molecular formula is C21H24N2O3. The lowest BCUT2D eigenvalue weighted by Gasteiger charge is -2.10. The number of carbonyl (C=O) groups is 2. The Balaban J connectivity index is 1.43. The van der Waals surface area contributed by atoms with Gasteiger partial charge in [0.05, 0.1) is 6.54 Å². The molecule has 2 aromatic rings. The number of benzene rings is 2. The molecule has 0 aliphatic heterocycles. The number of aryl methyl sites for hydroxylation is 1. The Bertz CT molecular complexity index is 786. The first-order valence-electron chi connectivity index (χ1n) is 8.92. The second kappa shape index (κ2) is 8.04. The first-order chi connectivity index (χ1) is 12.5. The standard InChI is InChI=1S/C21H24N2O3/c1-14-5-3-4-6-19(14)26-12-11-22-20(24)16-7-9-17(10-8-16)23-21(25)18-13-15(18)2/h3-10,15,18H,11-13H2,1-2H3,(H,22,24)(H,23,25). The lowest BCUT2D eigenvalue weighted by Crippen LogP contribution is -2.28. The first kappa shape index (κ1) is 18.0. The summed E-state index contributed by atoms with van der Waals surface area (Å²) in [6.07, 6.45) is 0.955. The molecule has 1 fully saturated rings. The topological polar surface area (TPSA) is 67.4 Å². The monoisotopic (exact) mass is 352 g/mol. The van der Waals surface area contributed by atoms with E-state index in [1.54, 1.807) is 24.3 Å². The molecule has 2 atom stereocenters. The maximum absolute atomic E-state index is 12.2. The Morgan fingerprint density at radius 2 is 1.81 bits per heavy atom. The zero-order valence-electron chi connectivity index (χ0n) is 15.1. The smallest absolute Gasteiger partial charge is 0.251 e. The molecule has 0 heterocycles. The summed E-state index contributed by atoms with van der Waals surface area (Å²) < 4.78 is 5.66. The van der Waals surface area contributed by atoms with Crippen LogP contribution in [0.5, 0.6) is 5.75 Å². The van der Waals surface area contributed by atoms with E-state index in [0.717, 1.165) is 17.7 Å². The molecule has 2 unspecified atom stereocenters. The van der Waals surface area contributed by atoms with Crippen LogP contribution in [0.15, 0.2) is 48.5 Å². The van der Waals surface area contributed by atoms with Crippen molar-refractivity contribution >= 4 is 17.5 Å². The summed E-state index contributed by atoms with van der Waals surface area (Å²) in [6.45, 7) is 4.88. The second-order valence-corrected chi connectivity index (χ2v) is 6.76. The zero-order chi connectivity index (χ0) is 18.5. The van der Waals surface area contributed by atoms with Crippen molar-refractivity contribution in [1.82, 2.24) is 5.32 Å². The number of amides is 2. The maximum Gasteiger partial charge on any atom is 0.251 e. The molecule has 136 valence electrons. The second-order valence-electron chi connectivity index (χ2n) is 6.76. The third-order valence-corrected chi connectivity index (χ3v) is 4.60. The molecular weight excluding hydrogens is 328 g/mol. The van der Waals surface area contributed by atoms with Crippen molar-refractivity contribution in [3.05, 3.63) is 59.7 Å². The van der Waals surface area contributed by atoms with Gasteiger partial charge in [0.25, 0.3) is 5.91 Å². The molecule has 2 aromatic carbocycles. The van der Waals surface area contributed by atoms with Gasteiger partial charge < -0.3 is 15.4 Å². The number of para-hydroxylation sites is 1. The van der Waals surface area contributed by atoms with E-state index < -0.39 is 0 Å². The molecule has 5 nitrogen and oxygen atoms in total. The highest BCUT2D eigenvalue weighted by Gasteiger charge is 2.39. The van der Waals surface area contributed by atoms with Crippen LogP contribution < -0.4 is 15.4 Å². The van der Waals surface area contributed by atoms with Gasteiger partial charge >= 0.3 is 0 Å². The van der Waals surface area contributed by atoms with E-state index in [-0.39, 0.29) is 17.7 Å². The third-order valence-electron chi connectivity index (χ3n) is 4.60. The van der Waals surface area contributed by atoms with Crippen LogP contribution in [0.25, 0.3) is 0 Å². The molecule has 2 N–H and O–H groups in total. The van der Waals surface area contributed by atoms with Crippen molar-refractivity contribution in [2.45, 2.75) is 20.3 Å². The predicted octanol–water partition coefficient (Wildman–Crippen LogP) is 3.40. The van der Waals surface area contributed by atoms with Crippen molar-refractivity contribution in [3.8, 4) is 5.75 Å². The molecule has 0 spiro atoms. The molecule has 3 rings (SSSR count). The van der Waals surface area contributed by atoms with Crippen molar-refractivity contribution < 1.29 is 14.3 Å². The lowest BCUT2D eigenvalue weighted by molar-refractivity contribution is -0.117. The quantitative estimate of drug-likeness (QED) is 0.751. The summed E-state index contributed by atoms with van der Waals surface area (Å²) in [7, 11) is 0. The summed E-state index contributed by atoms with van der Waals surface area (Å²) in [5, 5.41) is 5.72. The van der Waals surface area contributed by atoms with Gasteiger partial charge in [-0.2, -0.15) is 0 Å². The van der Waals surface area contributed by atoms with E-state index in [1.807, 2.05) is 31.2 Å². The first-order valence-corrected chi connectivity index (χ1v) is 8.92. The molecule has 1 saturated carbocycles. The molecule has 1 aliphatic rings. The normalized spacial score (nSPS) is 18.1. The number of carbonyl (C=O) groups excluding carboxylic acids is 2. The fourth-order valence-corrected chi connectivity index (χ4v) is 2.77.